The van der Waals surface area contributed by atoms with Crippen molar-refractivity contribution >= 4 is 31.0 Å². The molecule has 0 saturated carbocycles. The molecule has 0 radical (unpaired) electrons. The molecule has 2 aromatic carbocycles. The Bertz CT molecular complexity index is 956. The summed E-state index contributed by atoms with van der Waals surface area (Å²) in [7, 11) is -8.79. The molecule has 6 nitrogen and oxygen atoms in total. The van der Waals surface area contributed by atoms with Gasteiger partial charge in [-0.2, -0.15) is 16.8 Å². The third-order valence-electron chi connectivity index (χ3n) is 3.72. The van der Waals surface area contributed by atoms with Crippen LogP contribution in [-0.2, 0) is 24.4 Å². The molecule has 1 atom stereocenters. The molecule has 0 aliphatic carbocycles. The van der Waals surface area contributed by atoms with E-state index in [0.717, 1.165) is 5.39 Å². The van der Waals surface area contributed by atoms with Gasteiger partial charge >= 0.3 is 39.7 Å². The molecule has 0 spiro atoms. The maximum absolute atomic E-state index is 12.8. The summed E-state index contributed by atoms with van der Waals surface area (Å²) in [4.78, 5) is 0. The number of hydrogen-bond donors (Lipinski definition) is 0. The fourth-order valence-corrected chi connectivity index (χ4v) is 6.06. The molecule has 0 aliphatic rings. The first kappa shape index (κ1) is 24.4. The van der Waals surface area contributed by atoms with Crippen molar-refractivity contribution in [1.29, 1.82) is 0 Å². The minimum atomic E-state index is -4.46. The summed E-state index contributed by atoms with van der Waals surface area (Å²) in [5, 5.41) is 1.39. The number of unbranched alkanes of at least 4 members (excludes halogenated alkanes) is 1. The fraction of sp³-hybridized carbons (Fsp3) is 0.444. The quantitative estimate of drug-likeness (QED) is 0.440. The summed E-state index contributed by atoms with van der Waals surface area (Å²) in [6, 6.07) is 12.1. The van der Waals surface area contributed by atoms with Crippen LogP contribution in [-0.4, -0.2) is 27.5 Å². The van der Waals surface area contributed by atoms with E-state index in [4.69, 9.17) is 8.37 Å². The van der Waals surface area contributed by atoms with E-state index in [1.807, 2.05) is 25.1 Å². The summed E-state index contributed by atoms with van der Waals surface area (Å²) in [5.41, 5.74) is 0. The van der Waals surface area contributed by atoms with E-state index >= 15 is 0 Å². The van der Waals surface area contributed by atoms with Crippen LogP contribution in [0.15, 0.2) is 42.5 Å². The van der Waals surface area contributed by atoms with Crippen molar-refractivity contribution in [2.24, 2.45) is 0 Å². The Balaban J connectivity index is 0.00000364. The van der Waals surface area contributed by atoms with Crippen molar-refractivity contribution in [3.05, 3.63) is 42.5 Å². The van der Waals surface area contributed by atoms with Crippen molar-refractivity contribution in [2.45, 2.75) is 50.7 Å². The van der Waals surface area contributed by atoms with Crippen molar-refractivity contribution in [3.63, 3.8) is 0 Å². The van der Waals surface area contributed by atoms with Gasteiger partial charge in [0, 0.05) is 5.39 Å². The van der Waals surface area contributed by atoms with Crippen LogP contribution in [0.3, 0.4) is 0 Å². The molecule has 2 rings (SSSR count). The number of rotatable bonds is 9. The number of fused-ring (bicyclic) bond motifs is 1. The van der Waals surface area contributed by atoms with Crippen LogP contribution < -0.4 is 33.7 Å². The van der Waals surface area contributed by atoms with E-state index in [2.05, 4.69) is 0 Å². The second kappa shape index (κ2) is 10.2. The Kier molecular flexibility index (Phi) is 9.24. The van der Waals surface area contributed by atoms with Crippen LogP contribution in [0.1, 0.15) is 41.5 Å². The van der Waals surface area contributed by atoms with Gasteiger partial charge in [-0.25, -0.2) is 0 Å². The molecule has 1 unspecified atom stereocenters. The average molecular weight is 425 g/mol. The van der Waals surface area contributed by atoms with Gasteiger partial charge in [0.15, 0.2) is 0 Å². The molecule has 0 N–H and O–H groups in total. The second-order valence-corrected chi connectivity index (χ2v) is 10.0. The van der Waals surface area contributed by atoms with E-state index < -0.39 is 30.9 Å². The summed E-state index contributed by atoms with van der Waals surface area (Å²) in [5.74, 6) is 0.101. The van der Waals surface area contributed by atoms with Crippen LogP contribution in [0.4, 0.5) is 0 Å². The van der Waals surface area contributed by atoms with Crippen LogP contribution >= 0.6 is 0 Å². The first-order valence-electron chi connectivity index (χ1n) is 8.50. The largest absolute Gasteiger partial charge is 1.00 e. The van der Waals surface area contributed by atoms with Crippen LogP contribution in [0.2, 0.25) is 0 Å². The first-order valence-corrected chi connectivity index (χ1v) is 11.4. The van der Waals surface area contributed by atoms with Gasteiger partial charge < -0.3 is 5.61 Å². The monoisotopic (exact) mass is 424 g/mol. The molecule has 0 aromatic heterocycles. The molecule has 2 aromatic rings. The number of hydrogen-bond acceptors (Lipinski definition) is 6. The molecular formula is C18H25NaO6S2. The van der Waals surface area contributed by atoms with Gasteiger partial charge in [-0.15, -0.1) is 0 Å². The van der Waals surface area contributed by atoms with Crippen molar-refractivity contribution in [1.82, 2.24) is 0 Å². The third-order valence-corrected chi connectivity index (χ3v) is 7.96. The van der Waals surface area contributed by atoms with Gasteiger partial charge in [0.1, 0.15) is 5.75 Å². The molecule has 9 heteroatoms. The topological polar surface area (TPSA) is 86.7 Å². The second-order valence-electron chi connectivity index (χ2n) is 6.26. The molecule has 146 valence electrons. The molecule has 0 saturated heterocycles. The molecule has 0 amide bonds. The summed E-state index contributed by atoms with van der Waals surface area (Å²) >= 11 is 0. The smallest absolute Gasteiger partial charge is 1.00 e. The molecular weight excluding hydrogens is 399 g/mol. The molecule has 27 heavy (non-hydrogen) atoms. The molecule has 0 fully saturated rings. The van der Waals surface area contributed by atoms with Crippen molar-refractivity contribution in [2.75, 3.05) is 0 Å². The molecule has 0 aliphatic heterocycles. The molecule has 0 bridgehead atoms. The van der Waals surface area contributed by atoms with Gasteiger partial charge in [-0.3, -0.25) is 4.18 Å². The van der Waals surface area contributed by atoms with E-state index in [9.17, 15) is 16.8 Å². The fourth-order valence-electron chi connectivity index (χ4n) is 2.58. The van der Waals surface area contributed by atoms with Crippen LogP contribution in [0, 0.1) is 0 Å². The predicted molar refractivity (Wildman–Crippen MR) is 103 cm³/mol. The molecule has 0 heterocycles. The van der Waals surface area contributed by atoms with Crippen molar-refractivity contribution in [3.8, 4) is 5.75 Å². The predicted octanol–water partition coefficient (Wildman–Crippen LogP) is 0.936. The average Bonchev–Trinajstić information content (AvgIpc) is 2.53. The third kappa shape index (κ3) is 6.44. The van der Waals surface area contributed by atoms with Crippen LogP contribution in [0.25, 0.3) is 10.8 Å². The Hall–Kier alpha value is -0.640. The van der Waals surface area contributed by atoms with E-state index in [1.54, 1.807) is 18.2 Å². The van der Waals surface area contributed by atoms with Crippen molar-refractivity contribution < 1.29 is 56.2 Å². The Morgan fingerprint density at radius 3 is 2.22 bits per heavy atom. The van der Waals surface area contributed by atoms with Crippen LogP contribution in [0.5, 0.6) is 5.75 Å². The zero-order valence-corrected chi connectivity index (χ0v) is 19.7. The van der Waals surface area contributed by atoms with E-state index in [0.29, 0.717) is 18.2 Å². The minimum Gasteiger partial charge on any atom is -1.00 e. The minimum absolute atomic E-state index is 0. The zero-order valence-electron chi connectivity index (χ0n) is 17.1. The van der Waals surface area contributed by atoms with Gasteiger partial charge in [0.2, 0.25) is 4.58 Å². The summed E-state index contributed by atoms with van der Waals surface area (Å²) in [6.45, 7) is 4.92. The first-order chi connectivity index (χ1) is 12.2. The summed E-state index contributed by atoms with van der Waals surface area (Å²) in [6.07, 6.45) is 0.330. The van der Waals surface area contributed by atoms with E-state index in [-0.39, 0.29) is 43.2 Å². The maximum atomic E-state index is 12.8. The Morgan fingerprint density at radius 1 is 0.963 bits per heavy atom. The standard InChI is InChI=1S/C18H24O6S2.Na.H/c1-4-5-13-18(25(19,20)23-14(2)3)26(21,22)24-17-12-8-10-15-9-6-7-11-16(15)17;;/h6-12,14,18H,4-5,13H2,1-3H3;;/q;+1;-1. The van der Waals surface area contributed by atoms with Gasteiger partial charge in [0.25, 0.3) is 10.1 Å². The van der Waals surface area contributed by atoms with Gasteiger partial charge in [-0.05, 0) is 31.7 Å². The van der Waals surface area contributed by atoms with Gasteiger partial charge in [-0.1, -0.05) is 56.2 Å². The Morgan fingerprint density at radius 2 is 1.59 bits per heavy atom. The zero-order chi connectivity index (χ0) is 19.4. The number of benzene rings is 2. The normalized spacial score (nSPS) is 13.3. The van der Waals surface area contributed by atoms with Gasteiger partial charge in [0.05, 0.1) is 6.10 Å². The van der Waals surface area contributed by atoms with E-state index in [1.165, 1.54) is 19.9 Å². The Labute approximate surface area is 185 Å². The maximum Gasteiger partial charge on any atom is 1.00 e. The summed E-state index contributed by atoms with van der Waals surface area (Å²) < 4.78 is 58.9. The SMILES string of the molecule is CCCCC(S(=O)(=O)Oc1cccc2ccccc12)S(=O)(=O)OC(C)C.[H-].[Na+].